The van der Waals surface area contributed by atoms with Crippen molar-refractivity contribution in [1.29, 1.82) is 0 Å². The van der Waals surface area contributed by atoms with Crippen LogP contribution in [0.4, 0.5) is 5.69 Å². The van der Waals surface area contributed by atoms with E-state index in [4.69, 9.17) is 16.6 Å². The zero-order valence-electron chi connectivity index (χ0n) is 30.5. The molecule has 0 bridgehead atoms. The molecule has 0 radical (unpaired) electrons. The summed E-state index contributed by atoms with van der Waals surface area (Å²) in [6, 6.07) is 11.5. The summed E-state index contributed by atoms with van der Waals surface area (Å²) in [5.41, 5.74) is 5.14. The van der Waals surface area contributed by atoms with Crippen LogP contribution < -0.4 is 10.2 Å². The highest BCUT2D eigenvalue weighted by Gasteiger charge is 2.47. The molecule has 9 rings (SSSR count). The minimum absolute atomic E-state index is 0.00745. The van der Waals surface area contributed by atoms with Gasteiger partial charge in [-0.05, 0) is 57.0 Å². The van der Waals surface area contributed by atoms with Crippen LogP contribution >= 0.6 is 22.9 Å². The van der Waals surface area contributed by atoms with Crippen molar-refractivity contribution in [3.8, 4) is 5.00 Å². The highest BCUT2D eigenvalue weighted by atomic mass is 35.5. The fourth-order valence-electron chi connectivity index (χ4n) is 8.41. The highest BCUT2D eigenvalue weighted by molar-refractivity contribution is 7.15. The second-order valence-corrected chi connectivity index (χ2v) is 16.4. The van der Waals surface area contributed by atoms with Crippen LogP contribution in [0.5, 0.6) is 0 Å². The van der Waals surface area contributed by atoms with Gasteiger partial charge >= 0.3 is 0 Å². The van der Waals surface area contributed by atoms with E-state index in [2.05, 4.69) is 43.7 Å². The van der Waals surface area contributed by atoms with E-state index in [0.717, 1.165) is 51.2 Å². The Morgan fingerprint density at radius 2 is 1.67 bits per heavy atom. The van der Waals surface area contributed by atoms with E-state index in [1.807, 2.05) is 42.2 Å². The molecular formula is C39H38ClN9O5S. The topological polar surface area (TPSA) is 153 Å². The molecule has 0 saturated carbocycles. The first-order valence-corrected chi connectivity index (χ1v) is 19.7. The third-order valence-electron chi connectivity index (χ3n) is 11.6. The van der Waals surface area contributed by atoms with Gasteiger partial charge in [0.25, 0.3) is 11.8 Å². The molecule has 3 saturated heterocycles. The molecule has 16 heteroatoms. The molecule has 0 spiro atoms. The first kappa shape index (κ1) is 35.5. The fourth-order valence-corrected chi connectivity index (χ4v) is 9.75. The molecule has 14 nitrogen and oxygen atoms in total. The number of carbonyl (C=O) groups excluding carboxylic acids is 5. The van der Waals surface area contributed by atoms with Crippen LogP contribution in [-0.2, 0) is 14.4 Å². The second-order valence-electron chi connectivity index (χ2n) is 14.7. The number of aromatic nitrogens is 3. The number of amides is 5. The minimum Gasteiger partial charge on any atom is -0.368 e. The lowest BCUT2D eigenvalue weighted by Gasteiger charge is -2.48. The number of likely N-dealkylation sites (tertiary alicyclic amines) is 1. The summed E-state index contributed by atoms with van der Waals surface area (Å²) < 4.78 is 2.06. The van der Waals surface area contributed by atoms with Crippen LogP contribution in [0.15, 0.2) is 47.5 Å². The second kappa shape index (κ2) is 13.5. The molecule has 5 aliphatic rings. The number of anilines is 1. The average Bonchev–Trinajstić information content (AvgIpc) is 3.72. The van der Waals surface area contributed by atoms with Gasteiger partial charge in [0.1, 0.15) is 22.9 Å². The summed E-state index contributed by atoms with van der Waals surface area (Å²) in [6.45, 7) is 10.0. The number of thiophene rings is 1. The molecule has 55 heavy (non-hydrogen) atoms. The lowest BCUT2D eigenvalue weighted by molar-refractivity contribution is -0.139. The SMILES string of the molecule is Cc1sc2c(c1C)C(c1ccc(Cl)cc1)=N[C@@H](CC(=O)N1CC(N3CCN(c4cccc5c4C(=O)N(C4CCC(=O)NC4=O)C5=O)CC3)C1)c1nnc(C)n1-2. The Hall–Kier alpha value is -5.25. The van der Waals surface area contributed by atoms with Gasteiger partial charge in [-0.25, -0.2) is 0 Å². The molecule has 7 heterocycles. The van der Waals surface area contributed by atoms with E-state index < -0.39 is 35.7 Å². The predicted octanol–water partition coefficient (Wildman–Crippen LogP) is 3.62. The molecule has 1 N–H and O–H groups in total. The number of nitrogens with zero attached hydrogens (tertiary/aromatic N) is 8. The van der Waals surface area contributed by atoms with Crippen molar-refractivity contribution in [1.82, 2.24) is 34.8 Å². The zero-order chi connectivity index (χ0) is 38.3. The van der Waals surface area contributed by atoms with Crippen LogP contribution in [0.25, 0.3) is 5.00 Å². The molecule has 4 aromatic rings. The predicted molar refractivity (Wildman–Crippen MR) is 205 cm³/mol. The van der Waals surface area contributed by atoms with Crippen molar-refractivity contribution in [3.05, 3.63) is 91.8 Å². The summed E-state index contributed by atoms with van der Waals surface area (Å²) in [7, 11) is 0. The number of benzene rings is 2. The van der Waals surface area contributed by atoms with Crippen LogP contribution in [-0.4, -0.2) is 116 Å². The number of piperidine rings is 1. The van der Waals surface area contributed by atoms with Gasteiger partial charge in [-0.1, -0.05) is 29.8 Å². The zero-order valence-corrected chi connectivity index (χ0v) is 32.1. The molecule has 0 aliphatic carbocycles. The first-order valence-electron chi connectivity index (χ1n) is 18.5. The number of carbonyl (C=O) groups is 5. The third kappa shape index (κ3) is 5.87. The van der Waals surface area contributed by atoms with Crippen LogP contribution in [0.1, 0.15) is 79.2 Å². The van der Waals surface area contributed by atoms with Crippen LogP contribution in [0.2, 0.25) is 5.02 Å². The Morgan fingerprint density at radius 3 is 2.40 bits per heavy atom. The smallest absolute Gasteiger partial charge is 0.264 e. The van der Waals surface area contributed by atoms with Crippen molar-refractivity contribution in [2.45, 2.75) is 58.2 Å². The van der Waals surface area contributed by atoms with E-state index in [1.165, 1.54) is 4.88 Å². The molecule has 2 aromatic heterocycles. The van der Waals surface area contributed by atoms with Gasteiger partial charge in [0.2, 0.25) is 17.7 Å². The fraction of sp³-hybridized carbons (Fsp3) is 0.385. The Labute approximate surface area is 325 Å². The normalized spacial score (nSPS) is 21.5. The third-order valence-corrected chi connectivity index (χ3v) is 13.0. The molecule has 5 aliphatic heterocycles. The standard InChI is InChI=1S/C39H38ClN9O5S/c1-20-21(2)55-39-32(20)34(23-7-9-24(40)10-8-23)41-27(35-44-43-22(3)48(35)39)17-31(51)47-18-25(19-47)45-13-15-46(16-14-45)28-6-4-5-26-33(28)38(54)49(37(26)53)29-11-12-30(50)42-36(29)52/h4-10,25,27,29H,11-19H2,1-3H3,(H,42,50,52)/t27-,29?/m0/s1. The minimum atomic E-state index is -1.01. The van der Waals surface area contributed by atoms with Gasteiger partial charge < -0.3 is 9.80 Å². The number of aryl methyl sites for hydroxylation is 2. The van der Waals surface area contributed by atoms with Gasteiger partial charge in [-0.15, -0.1) is 21.5 Å². The first-order chi connectivity index (χ1) is 26.5. The number of hydrogen-bond acceptors (Lipinski definition) is 11. The monoisotopic (exact) mass is 779 g/mol. The Bertz CT molecular complexity index is 2340. The maximum Gasteiger partial charge on any atom is 0.264 e. The molecule has 5 amide bonds. The van der Waals surface area contributed by atoms with E-state index in [1.54, 1.807) is 23.5 Å². The molecular weight excluding hydrogens is 742 g/mol. The number of aliphatic imine (C=N–C) groups is 1. The molecule has 282 valence electrons. The number of piperazine rings is 1. The van der Waals surface area contributed by atoms with Crippen molar-refractivity contribution >= 4 is 63.9 Å². The summed E-state index contributed by atoms with van der Waals surface area (Å²) in [5, 5.41) is 12.9. The number of halogens is 1. The van der Waals surface area contributed by atoms with Gasteiger partial charge in [0.05, 0.1) is 28.9 Å². The van der Waals surface area contributed by atoms with Gasteiger partial charge in [-0.2, -0.15) is 0 Å². The van der Waals surface area contributed by atoms with E-state index >= 15 is 0 Å². The Kier molecular flexibility index (Phi) is 8.70. The number of hydrogen-bond donors (Lipinski definition) is 1. The number of rotatable bonds is 6. The quantitative estimate of drug-likeness (QED) is 0.289. The highest BCUT2D eigenvalue weighted by Crippen LogP contribution is 2.40. The lowest BCUT2D eigenvalue weighted by atomic mass is 9.99. The number of imide groups is 2. The van der Waals surface area contributed by atoms with Gasteiger partial charge in [-0.3, -0.25) is 48.6 Å². The summed E-state index contributed by atoms with van der Waals surface area (Å²) in [4.78, 5) is 79.0. The van der Waals surface area contributed by atoms with Crippen molar-refractivity contribution in [2.24, 2.45) is 4.99 Å². The van der Waals surface area contributed by atoms with Crippen LogP contribution in [0.3, 0.4) is 0 Å². The summed E-state index contributed by atoms with van der Waals surface area (Å²) in [6.07, 6.45) is 0.338. The molecule has 1 unspecified atom stereocenters. The number of fused-ring (bicyclic) bond motifs is 4. The lowest BCUT2D eigenvalue weighted by Crippen LogP contribution is -2.64. The maximum atomic E-state index is 13.9. The largest absolute Gasteiger partial charge is 0.368 e. The summed E-state index contributed by atoms with van der Waals surface area (Å²) >= 11 is 7.94. The number of nitrogens with one attached hydrogen (secondary N) is 1. The van der Waals surface area contributed by atoms with Crippen molar-refractivity contribution < 1.29 is 24.0 Å². The molecule has 2 atom stereocenters. The van der Waals surface area contributed by atoms with Gasteiger partial charge in [0, 0.05) is 72.8 Å². The average molecular weight is 780 g/mol. The molecule has 2 aromatic carbocycles. The Balaban J connectivity index is 0.871. The van der Waals surface area contributed by atoms with Crippen molar-refractivity contribution in [3.63, 3.8) is 0 Å². The molecule has 3 fully saturated rings. The maximum absolute atomic E-state index is 13.9. The van der Waals surface area contributed by atoms with E-state index in [-0.39, 0.29) is 36.8 Å². The summed E-state index contributed by atoms with van der Waals surface area (Å²) in [5.74, 6) is -0.648. The Morgan fingerprint density at radius 1 is 0.927 bits per heavy atom. The van der Waals surface area contributed by atoms with Crippen LogP contribution in [0, 0.1) is 20.8 Å². The van der Waals surface area contributed by atoms with E-state index in [9.17, 15) is 24.0 Å². The van der Waals surface area contributed by atoms with Crippen molar-refractivity contribution in [2.75, 3.05) is 44.2 Å². The van der Waals surface area contributed by atoms with Gasteiger partial charge in [0.15, 0.2) is 5.82 Å². The van der Waals surface area contributed by atoms with E-state index in [0.29, 0.717) is 48.3 Å².